The number of piperidine rings is 1. The third-order valence-electron chi connectivity index (χ3n) is 4.44. The van der Waals surface area contributed by atoms with E-state index >= 15 is 0 Å². The highest BCUT2D eigenvalue weighted by atomic mass is 32.1. The van der Waals surface area contributed by atoms with Crippen LogP contribution in [0.25, 0.3) is 0 Å². The minimum atomic E-state index is 0.205. The quantitative estimate of drug-likeness (QED) is 0.860. The first kappa shape index (κ1) is 16.1. The van der Waals surface area contributed by atoms with Gasteiger partial charge in [0.15, 0.2) is 0 Å². The van der Waals surface area contributed by atoms with Gasteiger partial charge in [0, 0.05) is 31.0 Å². The van der Waals surface area contributed by atoms with Crippen molar-refractivity contribution in [2.75, 3.05) is 13.1 Å². The number of carbonyl (C=O) groups excluding carboxylic acids is 1. The number of aromatic nitrogens is 3. The summed E-state index contributed by atoms with van der Waals surface area (Å²) in [6.07, 6.45) is 3.31. The minimum Gasteiger partial charge on any atom is -0.361 e. The maximum atomic E-state index is 12.5. The van der Waals surface area contributed by atoms with Crippen molar-refractivity contribution in [2.24, 2.45) is 0 Å². The maximum Gasteiger partial charge on any atom is 0.222 e. The Hall–Kier alpha value is -1.76. The van der Waals surface area contributed by atoms with Crippen LogP contribution in [0.4, 0.5) is 0 Å². The number of aryl methyl sites for hydroxylation is 3. The Morgan fingerprint density at radius 2 is 2.17 bits per heavy atom. The second-order valence-electron chi connectivity index (χ2n) is 6.14. The van der Waals surface area contributed by atoms with Gasteiger partial charge in [0.25, 0.3) is 0 Å². The summed E-state index contributed by atoms with van der Waals surface area (Å²) in [5, 5.41) is 14.3. The van der Waals surface area contributed by atoms with Crippen LogP contribution >= 0.6 is 11.3 Å². The van der Waals surface area contributed by atoms with Gasteiger partial charge >= 0.3 is 0 Å². The zero-order valence-corrected chi connectivity index (χ0v) is 14.7. The van der Waals surface area contributed by atoms with Gasteiger partial charge in [-0.1, -0.05) is 5.16 Å². The maximum absolute atomic E-state index is 12.5. The van der Waals surface area contributed by atoms with E-state index in [2.05, 4.69) is 15.4 Å². The summed E-state index contributed by atoms with van der Waals surface area (Å²) < 4.78 is 5.16. The topological polar surface area (TPSA) is 72.1 Å². The van der Waals surface area contributed by atoms with Gasteiger partial charge in [0.2, 0.25) is 5.91 Å². The zero-order valence-electron chi connectivity index (χ0n) is 13.8. The number of hydrogen-bond acceptors (Lipinski definition) is 6. The van der Waals surface area contributed by atoms with Gasteiger partial charge < -0.3 is 9.42 Å². The average Bonchev–Trinajstić information content (AvgIpc) is 3.12. The monoisotopic (exact) mass is 334 g/mol. The van der Waals surface area contributed by atoms with E-state index in [0.29, 0.717) is 18.8 Å². The lowest BCUT2D eigenvalue weighted by Crippen LogP contribution is -2.39. The molecule has 7 heteroatoms. The van der Waals surface area contributed by atoms with Crippen molar-refractivity contribution >= 4 is 17.2 Å². The van der Waals surface area contributed by atoms with E-state index in [-0.39, 0.29) is 5.91 Å². The van der Waals surface area contributed by atoms with E-state index < -0.39 is 0 Å². The summed E-state index contributed by atoms with van der Waals surface area (Å²) in [5.41, 5.74) is 1.95. The normalized spacial score (nSPS) is 18.4. The van der Waals surface area contributed by atoms with Gasteiger partial charge in [0.1, 0.15) is 15.8 Å². The van der Waals surface area contributed by atoms with Gasteiger partial charge in [-0.2, -0.15) is 0 Å². The fraction of sp³-hybridized carbons (Fsp3) is 0.625. The molecule has 6 nitrogen and oxygen atoms in total. The number of likely N-dealkylation sites (tertiary alicyclic amines) is 1. The number of nitrogens with zero attached hydrogens (tertiary/aromatic N) is 4. The highest BCUT2D eigenvalue weighted by Gasteiger charge is 2.27. The van der Waals surface area contributed by atoms with Crippen molar-refractivity contribution in [1.82, 2.24) is 20.3 Å². The SMILES string of the molecule is Cc1nnc([C@@H]2CCCN(C(=O)CCc3c(C)noc3C)C2)s1. The van der Waals surface area contributed by atoms with E-state index in [9.17, 15) is 4.79 Å². The van der Waals surface area contributed by atoms with Crippen LogP contribution < -0.4 is 0 Å². The molecule has 0 N–H and O–H groups in total. The summed E-state index contributed by atoms with van der Waals surface area (Å²) in [5.74, 6) is 1.35. The first-order chi connectivity index (χ1) is 11.0. The van der Waals surface area contributed by atoms with E-state index in [4.69, 9.17) is 4.52 Å². The third kappa shape index (κ3) is 3.60. The van der Waals surface area contributed by atoms with E-state index in [0.717, 1.165) is 53.0 Å². The van der Waals surface area contributed by atoms with E-state index in [1.54, 1.807) is 11.3 Å². The number of rotatable bonds is 4. The van der Waals surface area contributed by atoms with Crippen LogP contribution in [0.3, 0.4) is 0 Å². The molecule has 0 radical (unpaired) electrons. The Bertz CT molecular complexity index is 675. The van der Waals surface area contributed by atoms with Gasteiger partial charge in [0.05, 0.1) is 5.69 Å². The van der Waals surface area contributed by atoms with Crippen LogP contribution in [-0.4, -0.2) is 39.3 Å². The second-order valence-corrected chi connectivity index (χ2v) is 7.35. The van der Waals surface area contributed by atoms with Crippen molar-refractivity contribution in [2.45, 2.75) is 52.4 Å². The molecule has 2 aromatic heterocycles. The molecule has 124 valence electrons. The molecule has 0 spiro atoms. The molecule has 1 saturated heterocycles. The molecule has 0 aromatic carbocycles. The fourth-order valence-corrected chi connectivity index (χ4v) is 3.96. The average molecular weight is 334 g/mol. The predicted molar refractivity (Wildman–Crippen MR) is 87.5 cm³/mol. The molecule has 3 rings (SSSR count). The van der Waals surface area contributed by atoms with Crippen LogP contribution in [0, 0.1) is 20.8 Å². The van der Waals surface area contributed by atoms with Gasteiger partial charge in [-0.3, -0.25) is 4.79 Å². The highest BCUT2D eigenvalue weighted by molar-refractivity contribution is 7.11. The Morgan fingerprint density at radius 3 is 2.83 bits per heavy atom. The van der Waals surface area contributed by atoms with E-state index in [1.165, 1.54) is 0 Å². The first-order valence-corrected chi connectivity index (χ1v) is 8.85. The van der Waals surface area contributed by atoms with Crippen LogP contribution in [0.1, 0.15) is 52.2 Å². The van der Waals surface area contributed by atoms with Crippen molar-refractivity contribution in [3.8, 4) is 0 Å². The van der Waals surface area contributed by atoms with Crippen molar-refractivity contribution in [3.63, 3.8) is 0 Å². The third-order valence-corrected chi connectivity index (χ3v) is 5.44. The lowest BCUT2D eigenvalue weighted by atomic mass is 9.98. The molecule has 0 unspecified atom stereocenters. The second kappa shape index (κ2) is 6.78. The molecule has 3 heterocycles. The molecule has 1 amide bonds. The summed E-state index contributed by atoms with van der Waals surface area (Å²) in [7, 11) is 0. The van der Waals surface area contributed by atoms with Gasteiger partial charge in [-0.25, -0.2) is 0 Å². The Kier molecular flexibility index (Phi) is 4.75. The number of hydrogen-bond donors (Lipinski definition) is 0. The summed E-state index contributed by atoms with van der Waals surface area (Å²) in [4.78, 5) is 14.5. The van der Waals surface area contributed by atoms with Crippen molar-refractivity contribution in [1.29, 1.82) is 0 Å². The fourth-order valence-electron chi connectivity index (χ4n) is 3.13. The molecule has 23 heavy (non-hydrogen) atoms. The lowest BCUT2D eigenvalue weighted by molar-refractivity contribution is -0.132. The Labute approximate surface area is 139 Å². The Balaban J connectivity index is 1.59. The molecule has 0 saturated carbocycles. The molecule has 1 aliphatic heterocycles. The first-order valence-electron chi connectivity index (χ1n) is 8.04. The highest BCUT2D eigenvalue weighted by Crippen LogP contribution is 2.29. The number of amides is 1. The van der Waals surface area contributed by atoms with Gasteiger partial charge in [-0.05, 0) is 40.0 Å². The molecular weight excluding hydrogens is 312 g/mol. The summed E-state index contributed by atoms with van der Waals surface area (Å²) in [6.45, 7) is 7.39. The lowest BCUT2D eigenvalue weighted by Gasteiger charge is -2.31. The van der Waals surface area contributed by atoms with Crippen molar-refractivity contribution < 1.29 is 9.32 Å². The minimum absolute atomic E-state index is 0.205. The van der Waals surface area contributed by atoms with Crippen LogP contribution in [0.5, 0.6) is 0 Å². The largest absolute Gasteiger partial charge is 0.361 e. The summed E-state index contributed by atoms with van der Waals surface area (Å²) in [6, 6.07) is 0. The van der Waals surface area contributed by atoms with Crippen LogP contribution in [-0.2, 0) is 11.2 Å². The molecular formula is C16H22N4O2S. The predicted octanol–water partition coefficient (Wildman–Crippen LogP) is 2.79. The van der Waals surface area contributed by atoms with Crippen LogP contribution in [0.15, 0.2) is 4.52 Å². The molecule has 0 aliphatic carbocycles. The molecule has 1 fully saturated rings. The van der Waals surface area contributed by atoms with E-state index in [1.807, 2.05) is 25.7 Å². The molecule has 0 bridgehead atoms. The number of carbonyl (C=O) groups is 1. The van der Waals surface area contributed by atoms with Crippen LogP contribution in [0.2, 0.25) is 0 Å². The Morgan fingerprint density at radius 1 is 1.35 bits per heavy atom. The standard InChI is InChI=1S/C16H22N4O2S/c1-10-14(11(2)22-19-10)6-7-15(21)20-8-4-5-13(9-20)16-18-17-12(3)23-16/h13H,4-9H2,1-3H3/t13-/m1/s1. The smallest absolute Gasteiger partial charge is 0.222 e. The van der Waals surface area contributed by atoms with Gasteiger partial charge in [-0.15, -0.1) is 21.5 Å². The van der Waals surface area contributed by atoms with Crippen molar-refractivity contribution in [3.05, 3.63) is 27.0 Å². The summed E-state index contributed by atoms with van der Waals surface area (Å²) >= 11 is 1.64. The molecule has 1 atom stereocenters. The molecule has 1 aliphatic rings. The zero-order chi connectivity index (χ0) is 16.4. The molecule has 2 aromatic rings.